The van der Waals surface area contributed by atoms with Gasteiger partial charge < -0.3 is 48.5 Å². The fraction of sp³-hybridized carbons (Fsp3) is 0.760. The number of alkyl carbamates (subject to hydrolysis) is 2. The molecule has 6 atom stereocenters. The van der Waals surface area contributed by atoms with Gasteiger partial charge in [-0.1, -0.05) is 0 Å². The van der Waals surface area contributed by atoms with Gasteiger partial charge in [0.15, 0.2) is 29.8 Å². The average Bonchev–Trinajstić information content (AvgIpc) is 3.54. The van der Waals surface area contributed by atoms with Gasteiger partial charge in [-0.05, 0) is 41.5 Å². The second-order valence-corrected chi connectivity index (χ2v) is 9.61. The lowest BCUT2D eigenvalue weighted by Crippen LogP contribution is -2.57. The third kappa shape index (κ3) is 6.98. The highest BCUT2D eigenvalue weighted by Gasteiger charge is 2.62. The highest BCUT2D eigenvalue weighted by molar-refractivity contribution is 5.97. The summed E-state index contributed by atoms with van der Waals surface area (Å²) in [6.07, 6.45) is -7.27. The van der Waals surface area contributed by atoms with Gasteiger partial charge in [0.05, 0.1) is 38.5 Å². The number of carbonyl (C=O) groups is 6. The van der Waals surface area contributed by atoms with E-state index < -0.39 is 90.2 Å². The van der Waals surface area contributed by atoms with Crippen LogP contribution in [0.25, 0.3) is 0 Å². The fourth-order valence-corrected chi connectivity index (χ4v) is 5.02. The molecule has 3 aliphatic rings. The zero-order valence-corrected chi connectivity index (χ0v) is 23.7. The Labute approximate surface area is 235 Å². The van der Waals surface area contributed by atoms with Crippen molar-refractivity contribution in [3.8, 4) is 0 Å². The van der Waals surface area contributed by atoms with Crippen molar-refractivity contribution >= 4 is 36.1 Å². The molecule has 0 aliphatic carbocycles. The predicted octanol–water partition coefficient (Wildman–Crippen LogP) is -0.0547. The topological polar surface area (TPSA) is 200 Å². The van der Waals surface area contributed by atoms with E-state index in [0.29, 0.717) is 0 Å². The van der Waals surface area contributed by atoms with Gasteiger partial charge >= 0.3 is 36.1 Å². The molecule has 16 nitrogen and oxygen atoms in total. The van der Waals surface area contributed by atoms with Crippen LogP contribution < -0.4 is 10.6 Å². The molecule has 0 aromatic heterocycles. The van der Waals surface area contributed by atoms with Crippen LogP contribution in [0.3, 0.4) is 0 Å². The van der Waals surface area contributed by atoms with E-state index in [9.17, 15) is 28.8 Å². The van der Waals surface area contributed by atoms with Crippen molar-refractivity contribution in [3.05, 3.63) is 0 Å². The lowest BCUT2D eigenvalue weighted by atomic mass is 9.85. The Balaban J connectivity index is 2.03. The summed E-state index contributed by atoms with van der Waals surface area (Å²) >= 11 is 0. The molecule has 3 heterocycles. The average molecular weight is 589 g/mol. The van der Waals surface area contributed by atoms with Crippen molar-refractivity contribution < 1.29 is 66.7 Å². The van der Waals surface area contributed by atoms with Crippen molar-refractivity contribution in [3.63, 3.8) is 0 Å². The first kappa shape index (κ1) is 31.9. The molecule has 2 amide bonds. The molecule has 3 rings (SSSR count). The quantitative estimate of drug-likeness (QED) is 0.174. The highest BCUT2D eigenvalue weighted by Crippen LogP contribution is 2.40. The minimum atomic E-state index is -1.65. The zero-order valence-electron chi connectivity index (χ0n) is 23.7. The van der Waals surface area contributed by atoms with Crippen LogP contribution in [0, 0.1) is 11.8 Å². The number of amides is 2. The maximum Gasteiger partial charge on any atom is 0.407 e. The summed E-state index contributed by atoms with van der Waals surface area (Å²) in [6, 6.07) is -2.69. The second kappa shape index (κ2) is 13.3. The van der Waals surface area contributed by atoms with Gasteiger partial charge in [-0.15, -0.1) is 0 Å². The Morgan fingerprint density at radius 2 is 0.927 bits per heavy atom. The third-order valence-corrected chi connectivity index (χ3v) is 6.45. The summed E-state index contributed by atoms with van der Waals surface area (Å²) in [5, 5.41) is 4.88. The van der Waals surface area contributed by atoms with Crippen LogP contribution >= 0.6 is 0 Å². The first-order valence-electron chi connectivity index (χ1n) is 13.3. The van der Waals surface area contributed by atoms with Gasteiger partial charge in [-0.2, -0.15) is 0 Å². The largest absolute Gasteiger partial charge is 0.465 e. The van der Waals surface area contributed by atoms with Crippen molar-refractivity contribution in [1.82, 2.24) is 10.6 Å². The van der Waals surface area contributed by atoms with E-state index >= 15 is 0 Å². The van der Waals surface area contributed by atoms with Crippen LogP contribution in [0.1, 0.15) is 41.5 Å². The molecule has 16 heteroatoms. The molecule has 3 aliphatic heterocycles. The molecule has 0 aromatic carbocycles. The second-order valence-electron chi connectivity index (χ2n) is 9.61. The maximum atomic E-state index is 12.9. The molecule has 0 saturated carbocycles. The number of hydrogen-bond acceptors (Lipinski definition) is 14. The minimum absolute atomic E-state index is 0.0614. The van der Waals surface area contributed by atoms with E-state index in [2.05, 4.69) is 10.6 Å². The minimum Gasteiger partial charge on any atom is -0.465 e. The molecule has 41 heavy (non-hydrogen) atoms. The van der Waals surface area contributed by atoms with E-state index in [1.165, 1.54) is 13.8 Å². The summed E-state index contributed by atoms with van der Waals surface area (Å²) < 4.78 is 43.2. The normalized spacial score (nSPS) is 28.4. The van der Waals surface area contributed by atoms with E-state index in [1.807, 2.05) is 0 Å². The van der Waals surface area contributed by atoms with Crippen molar-refractivity contribution in [2.75, 3.05) is 26.4 Å². The fourth-order valence-electron chi connectivity index (χ4n) is 5.02. The molecule has 0 spiro atoms. The molecule has 0 unspecified atom stereocenters. The summed E-state index contributed by atoms with van der Waals surface area (Å²) in [5.41, 5.74) is 0. The summed E-state index contributed by atoms with van der Waals surface area (Å²) in [6.45, 7) is 8.97. The molecular weight excluding hydrogens is 552 g/mol. The number of carbonyl (C=O) groups excluding carboxylic acids is 6. The Bertz CT molecular complexity index is 918. The molecule has 0 bridgehead atoms. The monoisotopic (exact) mass is 588 g/mol. The van der Waals surface area contributed by atoms with E-state index in [0.717, 1.165) is 0 Å². The van der Waals surface area contributed by atoms with Gasteiger partial charge in [0.2, 0.25) is 0 Å². The van der Waals surface area contributed by atoms with Gasteiger partial charge in [-0.3, -0.25) is 19.2 Å². The molecule has 2 N–H and O–H groups in total. The molecular formula is C25H36N2O14. The number of esters is 4. The van der Waals surface area contributed by atoms with E-state index in [1.54, 1.807) is 27.7 Å². The van der Waals surface area contributed by atoms with Crippen LogP contribution in [0.15, 0.2) is 0 Å². The molecule has 230 valence electrons. The van der Waals surface area contributed by atoms with Gasteiger partial charge in [0, 0.05) is 0 Å². The number of nitrogens with one attached hydrogen (secondary N) is 2. The number of hydrogen-bond donors (Lipinski definition) is 2. The molecule has 3 saturated heterocycles. The maximum absolute atomic E-state index is 12.9. The van der Waals surface area contributed by atoms with Crippen LogP contribution in [-0.4, -0.2) is 105 Å². The first-order valence-corrected chi connectivity index (χ1v) is 13.3. The lowest BCUT2D eigenvalue weighted by Gasteiger charge is -2.32. The van der Waals surface area contributed by atoms with Crippen molar-refractivity contribution in [2.24, 2.45) is 11.8 Å². The standard InChI is InChI=1S/C25H36N2O14/c1-7-34-19(28)11(20(29)35-8-2)13-15(38-23(32)26-13)17-18(41-25(5,6)40-17)16-14(27-24(33)39-16)12(21(30)36-9-3)22(31)37-10-4/h11-18H,7-10H2,1-6H3,(H,26,32)(H,27,33)/t13-,14-,15+,16+,17+,18+/m0/s1. The molecule has 3 fully saturated rings. The van der Waals surface area contributed by atoms with Crippen molar-refractivity contribution in [2.45, 2.75) is 83.8 Å². The molecule has 0 aromatic rings. The predicted molar refractivity (Wildman–Crippen MR) is 132 cm³/mol. The smallest absolute Gasteiger partial charge is 0.407 e. The van der Waals surface area contributed by atoms with Crippen LogP contribution in [0.5, 0.6) is 0 Å². The van der Waals surface area contributed by atoms with E-state index in [-0.39, 0.29) is 26.4 Å². The Kier molecular flexibility index (Phi) is 10.4. The van der Waals surface area contributed by atoms with Crippen LogP contribution in [0.4, 0.5) is 9.59 Å². The molecule has 0 radical (unpaired) electrons. The number of rotatable bonds is 12. The van der Waals surface area contributed by atoms with Crippen LogP contribution in [-0.2, 0) is 57.1 Å². The van der Waals surface area contributed by atoms with Crippen molar-refractivity contribution in [1.29, 1.82) is 0 Å². The Morgan fingerprint density at radius 3 is 1.20 bits per heavy atom. The summed E-state index contributed by atoms with van der Waals surface area (Å²) in [7, 11) is 0. The van der Waals surface area contributed by atoms with E-state index in [4.69, 9.17) is 37.9 Å². The summed E-state index contributed by atoms with van der Waals surface area (Å²) in [5.74, 6) is -8.56. The number of ether oxygens (including phenoxy) is 8. The van der Waals surface area contributed by atoms with Gasteiger partial charge in [0.25, 0.3) is 0 Å². The zero-order chi connectivity index (χ0) is 30.5. The van der Waals surface area contributed by atoms with Gasteiger partial charge in [0.1, 0.15) is 12.2 Å². The SMILES string of the molecule is CCOC(=O)C(C(=O)OCC)[C@@H]1NC(=O)O[C@H]1[C@H]1OC(C)(C)O[C@@H]1[C@@H]1OC(=O)N[C@H]1C(C(=O)OCC)C(=O)OCC. The van der Waals surface area contributed by atoms with Crippen LogP contribution in [0.2, 0.25) is 0 Å². The summed E-state index contributed by atoms with van der Waals surface area (Å²) in [4.78, 5) is 76.3. The Morgan fingerprint density at radius 1 is 0.634 bits per heavy atom. The highest BCUT2D eigenvalue weighted by atomic mass is 16.8. The Hall–Kier alpha value is -3.66. The van der Waals surface area contributed by atoms with Gasteiger partial charge in [-0.25, -0.2) is 9.59 Å². The number of cyclic esters (lactones) is 2. The first-order chi connectivity index (χ1) is 19.4. The lowest BCUT2D eigenvalue weighted by molar-refractivity contribution is -0.167. The third-order valence-electron chi connectivity index (χ3n) is 6.45.